The number of hydrogen-bond acceptors (Lipinski definition) is 3. The highest BCUT2D eigenvalue weighted by Gasteiger charge is 2.22. The minimum absolute atomic E-state index is 0. The van der Waals surface area contributed by atoms with Gasteiger partial charge in [0.2, 0.25) is 0 Å². The molecule has 0 fully saturated rings. The lowest BCUT2D eigenvalue weighted by Crippen LogP contribution is -2.44. The van der Waals surface area contributed by atoms with Crippen LogP contribution >= 0.6 is 24.0 Å². The highest BCUT2D eigenvalue weighted by Crippen LogP contribution is 2.19. The van der Waals surface area contributed by atoms with Gasteiger partial charge in [-0.05, 0) is 31.0 Å². The maximum absolute atomic E-state index is 10.8. The molecule has 0 aliphatic carbocycles. The van der Waals surface area contributed by atoms with Crippen molar-refractivity contribution in [2.75, 3.05) is 13.1 Å². The van der Waals surface area contributed by atoms with E-state index >= 15 is 0 Å². The average Bonchev–Trinajstić information content (AvgIpc) is 3.26. The molecule has 154 valence electrons. The quantitative estimate of drug-likeness (QED) is 0.261. The highest BCUT2D eigenvalue weighted by molar-refractivity contribution is 14.0. The summed E-state index contributed by atoms with van der Waals surface area (Å²) in [6, 6.07) is 17.8. The molecule has 0 spiro atoms. The number of benzene rings is 2. The van der Waals surface area contributed by atoms with Crippen molar-refractivity contribution in [3.8, 4) is 5.69 Å². The van der Waals surface area contributed by atoms with Crippen LogP contribution < -0.4 is 10.6 Å². The van der Waals surface area contributed by atoms with Gasteiger partial charge in [0.25, 0.3) is 0 Å². The predicted molar refractivity (Wildman–Crippen MR) is 128 cm³/mol. The number of imidazole rings is 1. The van der Waals surface area contributed by atoms with E-state index in [0.29, 0.717) is 19.0 Å². The third kappa shape index (κ3) is 6.30. The Morgan fingerprint density at radius 2 is 1.83 bits per heavy atom. The molecule has 0 aliphatic heterocycles. The van der Waals surface area contributed by atoms with Gasteiger partial charge in [-0.1, -0.05) is 48.5 Å². The van der Waals surface area contributed by atoms with E-state index in [2.05, 4.69) is 21.7 Å². The number of hydrogen-bond donors (Lipinski definition) is 3. The molecule has 6 nitrogen and oxygen atoms in total. The number of guanidine groups is 1. The van der Waals surface area contributed by atoms with Gasteiger partial charge in [0.05, 0.1) is 25.1 Å². The monoisotopic (exact) mass is 505 g/mol. The Kier molecular flexibility index (Phi) is 8.66. The molecule has 1 aromatic heterocycles. The van der Waals surface area contributed by atoms with Crippen LogP contribution in [0.25, 0.3) is 5.69 Å². The van der Waals surface area contributed by atoms with Gasteiger partial charge < -0.3 is 20.3 Å². The molecule has 7 heteroatoms. The molecule has 1 atom stereocenters. The van der Waals surface area contributed by atoms with Crippen molar-refractivity contribution in [3.05, 3.63) is 84.4 Å². The Bertz CT molecular complexity index is 895. The second kappa shape index (κ2) is 11.0. The van der Waals surface area contributed by atoms with Crippen LogP contribution in [0.15, 0.2) is 78.3 Å². The first-order valence-corrected chi connectivity index (χ1v) is 9.46. The van der Waals surface area contributed by atoms with Crippen LogP contribution in [0, 0.1) is 0 Å². The smallest absolute Gasteiger partial charge is 0.191 e. The van der Waals surface area contributed by atoms with Gasteiger partial charge in [0.15, 0.2) is 5.96 Å². The number of aliphatic hydroxyl groups is 1. The fourth-order valence-electron chi connectivity index (χ4n) is 2.96. The van der Waals surface area contributed by atoms with E-state index in [-0.39, 0.29) is 24.0 Å². The van der Waals surface area contributed by atoms with Gasteiger partial charge >= 0.3 is 0 Å². The zero-order valence-corrected chi connectivity index (χ0v) is 19.1. The molecule has 3 aromatic rings. The van der Waals surface area contributed by atoms with E-state index in [9.17, 15) is 5.11 Å². The van der Waals surface area contributed by atoms with Gasteiger partial charge in [-0.15, -0.1) is 24.0 Å². The normalized spacial score (nSPS) is 13.3. The first-order chi connectivity index (χ1) is 13.6. The Morgan fingerprint density at radius 3 is 2.52 bits per heavy atom. The second-order valence-corrected chi connectivity index (χ2v) is 6.79. The minimum Gasteiger partial charge on any atom is -0.384 e. The van der Waals surface area contributed by atoms with Crippen LogP contribution in [0.5, 0.6) is 0 Å². The fraction of sp³-hybridized carbons (Fsp3) is 0.273. The number of aliphatic imine (C=N–C) groups is 1. The van der Waals surface area contributed by atoms with Crippen molar-refractivity contribution >= 4 is 29.9 Å². The van der Waals surface area contributed by atoms with Crippen molar-refractivity contribution in [3.63, 3.8) is 0 Å². The van der Waals surface area contributed by atoms with E-state index < -0.39 is 5.60 Å². The summed E-state index contributed by atoms with van der Waals surface area (Å²) in [6.45, 7) is 5.42. The molecule has 3 rings (SSSR count). The molecule has 0 amide bonds. The third-order valence-corrected chi connectivity index (χ3v) is 4.52. The number of aromatic nitrogens is 2. The van der Waals surface area contributed by atoms with Gasteiger partial charge in [-0.25, -0.2) is 9.98 Å². The zero-order chi connectivity index (χ0) is 19.8. The molecule has 0 radical (unpaired) electrons. The van der Waals surface area contributed by atoms with Gasteiger partial charge in [0, 0.05) is 18.9 Å². The summed E-state index contributed by atoms with van der Waals surface area (Å²) in [4.78, 5) is 8.82. The summed E-state index contributed by atoms with van der Waals surface area (Å²) in [6.07, 6.45) is 5.46. The van der Waals surface area contributed by atoms with Crippen molar-refractivity contribution < 1.29 is 5.11 Å². The Morgan fingerprint density at radius 1 is 1.10 bits per heavy atom. The number of para-hydroxylation sites is 1. The lowest BCUT2D eigenvalue weighted by molar-refractivity contribution is 0.0617. The Hall–Kier alpha value is -2.39. The molecule has 3 N–H and O–H groups in total. The highest BCUT2D eigenvalue weighted by atomic mass is 127. The standard InChI is InChI=1S/C22H27N5O.HI/c1-3-24-21(26-16-22(2,28)19-10-5-4-6-11-19)25-15-18-9-7-8-12-20(18)27-14-13-23-17-27;/h4-14,17,28H,3,15-16H2,1-2H3,(H2,24,25,26);1H. The van der Waals surface area contributed by atoms with Crippen LogP contribution in [0.3, 0.4) is 0 Å². The van der Waals surface area contributed by atoms with Crippen LogP contribution in [-0.2, 0) is 12.1 Å². The molecule has 1 heterocycles. The topological polar surface area (TPSA) is 74.5 Å². The molecule has 0 aliphatic rings. The number of rotatable bonds is 7. The lowest BCUT2D eigenvalue weighted by atomic mass is 9.96. The minimum atomic E-state index is -0.994. The number of nitrogens with one attached hydrogen (secondary N) is 2. The maximum Gasteiger partial charge on any atom is 0.191 e. The Balaban J connectivity index is 0.00000300. The molecule has 29 heavy (non-hydrogen) atoms. The molecular formula is C22H28IN5O. The summed E-state index contributed by atoms with van der Waals surface area (Å²) in [5, 5.41) is 17.3. The van der Waals surface area contributed by atoms with Crippen molar-refractivity contribution in [1.29, 1.82) is 0 Å². The van der Waals surface area contributed by atoms with E-state index in [0.717, 1.165) is 23.4 Å². The molecule has 0 bridgehead atoms. The fourth-order valence-corrected chi connectivity index (χ4v) is 2.96. The van der Waals surface area contributed by atoms with Crippen LogP contribution in [0.2, 0.25) is 0 Å². The van der Waals surface area contributed by atoms with Gasteiger partial charge in [0.1, 0.15) is 5.60 Å². The zero-order valence-electron chi connectivity index (χ0n) is 16.7. The first kappa shape index (κ1) is 22.9. The average molecular weight is 505 g/mol. The van der Waals surface area contributed by atoms with E-state index in [4.69, 9.17) is 4.99 Å². The summed E-state index contributed by atoms with van der Waals surface area (Å²) >= 11 is 0. The summed E-state index contributed by atoms with van der Waals surface area (Å²) in [5.41, 5.74) is 2.01. The summed E-state index contributed by atoms with van der Waals surface area (Å²) in [7, 11) is 0. The largest absolute Gasteiger partial charge is 0.384 e. The van der Waals surface area contributed by atoms with Crippen LogP contribution in [0.1, 0.15) is 25.0 Å². The molecule has 0 saturated carbocycles. The van der Waals surface area contributed by atoms with Crippen molar-refractivity contribution in [1.82, 2.24) is 20.2 Å². The summed E-state index contributed by atoms with van der Waals surface area (Å²) < 4.78 is 1.98. The van der Waals surface area contributed by atoms with Crippen molar-refractivity contribution in [2.45, 2.75) is 26.0 Å². The first-order valence-electron chi connectivity index (χ1n) is 9.46. The third-order valence-electron chi connectivity index (χ3n) is 4.52. The lowest BCUT2D eigenvalue weighted by Gasteiger charge is -2.25. The number of halogens is 1. The van der Waals surface area contributed by atoms with Crippen LogP contribution in [0.4, 0.5) is 0 Å². The van der Waals surface area contributed by atoms with Gasteiger partial charge in [-0.2, -0.15) is 0 Å². The Labute approximate surface area is 189 Å². The molecule has 1 unspecified atom stereocenters. The van der Waals surface area contributed by atoms with Crippen LogP contribution in [-0.4, -0.2) is 33.7 Å². The molecule has 2 aromatic carbocycles. The van der Waals surface area contributed by atoms with E-state index in [1.54, 1.807) is 19.4 Å². The molecular weight excluding hydrogens is 477 g/mol. The van der Waals surface area contributed by atoms with E-state index in [1.165, 1.54) is 0 Å². The van der Waals surface area contributed by atoms with Crippen molar-refractivity contribution in [2.24, 2.45) is 4.99 Å². The van der Waals surface area contributed by atoms with E-state index in [1.807, 2.05) is 66.2 Å². The molecule has 0 saturated heterocycles. The summed E-state index contributed by atoms with van der Waals surface area (Å²) in [5.74, 6) is 0.666. The maximum atomic E-state index is 10.8. The SMILES string of the molecule is CCNC(=NCc1ccccc1-n1ccnc1)NCC(C)(O)c1ccccc1.I. The second-order valence-electron chi connectivity index (χ2n) is 6.79. The number of nitrogens with zero attached hydrogens (tertiary/aromatic N) is 3. The predicted octanol–water partition coefficient (Wildman–Crippen LogP) is 3.45. The van der Waals surface area contributed by atoms with Gasteiger partial charge in [-0.3, -0.25) is 0 Å².